The van der Waals surface area contributed by atoms with Gasteiger partial charge in [-0.2, -0.15) is 0 Å². The summed E-state index contributed by atoms with van der Waals surface area (Å²) in [7, 11) is 0. The predicted octanol–water partition coefficient (Wildman–Crippen LogP) is 3.18. The highest BCUT2D eigenvalue weighted by atomic mass is 35.5. The molecule has 2 nitrogen and oxygen atoms in total. The van der Waals surface area contributed by atoms with E-state index in [-0.39, 0.29) is 11.9 Å². The van der Waals surface area contributed by atoms with E-state index in [4.69, 9.17) is 21.8 Å². The van der Waals surface area contributed by atoms with Crippen LogP contribution in [-0.4, -0.2) is 6.04 Å². The zero-order valence-electron chi connectivity index (χ0n) is 9.20. The summed E-state index contributed by atoms with van der Waals surface area (Å²) in [5.74, 6) is 0.508. The maximum absolute atomic E-state index is 12.9. The van der Waals surface area contributed by atoms with Crippen LogP contribution in [0.1, 0.15) is 11.3 Å². The number of benzene rings is 1. The summed E-state index contributed by atoms with van der Waals surface area (Å²) in [6.45, 7) is 0. The Balaban J connectivity index is 2.00. The molecule has 0 radical (unpaired) electrons. The third kappa shape index (κ3) is 3.32. The Hall–Kier alpha value is -1.32. The molecule has 2 rings (SSSR count). The van der Waals surface area contributed by atoms with Crippen molar-refractivity contribution in [3.05, 3.63) is 58.8 Å². The van der Waals surface area contributed by atoms with Gasteiger partial charge >= 0.3 is 0 Å². The maximum Gasteiger partial charge on any atom is 0.124 e. The molecule has 1 atom stereocenters. The molecule has 1 aromatic carbocycles. The molecule has 2 N–H and O–H groups in total. The molecule has 4 heteroatoms. The van der Waals surface area contributed by atoms with E-state index in [2.05, 4.69) is 0 Å². The summed E-state index contributed by atoms with van der Waals surface area (Å²) in [4.78, 5) is 0. The first-order valence-electron chi connectivity index (χ1n) is 5.37. The van der Waals surface area contributed by atoms with Crippen molar-refractivity contribution < 1.29 is 8.81 Å². The minimum absolute atomic E-state index is 0.0934. The fourth-order valence-corrected chi connectivity index (χ4v) is 1.97. The lowest BCUT2D eigenvalue weighted by molar-refractivity contribution is 0.483. The van der Waals surface area contributed by atoms with Crippen LogP contribution in [0.25, 0.3) is 0 Å². The Morgan fingerprint density at radius 3 is 2.76 bits per heavy atom. The Labute approximate surface area is 104 Å². The van der Waals surface area contributed by atoms with Crippen molar-refractivity contribution >= 4 is 11.6 Å². The molecule has 17 heavy (non-hydrogen) atoms. The first kappa shape index (κ1) is 12.1. The van der Waals surface area contributed by atoms with Crippen molar-refractivity contribution in [1.29, 1.82) is 0 Å². The fourth-order valence-electron chi connectivity index (χ4n) is 1.73. The molecule has 0 saturated carbocycles. The van der Waals surface area contributed by atoms with Gasteiger partial charge in [-0.15, -0.1) is 0 Å². The Bertz CT molecular complexity index is 484. The van der Waals surface area contributed by atoms with Crippen LogP contribution < -0.4 is 5.73 Å². The van der Waals surface area contributed by atoms with E-state index in [0.717, 1.165) is 11.3 Å². The van der Waals surface area contributed by atoms with Gasteiger partial charge in [0.15, 0.2) is 0 Å². The number of hydrogen-bond acceptors (Lipinski definition) is 2. The van der Waals surface area contributed by atoms with Crippen LogP contribution in [0.3, 0.4) is 0 Å². The van der Waals surface area contributed by atoms with Crippen molar-refractivity contribution in [2.75, 3.05) is 0 Å². The molecule has 0 bridgehead atoms. The first-order chi connectivity index (χ1) is 8.15. The van der Waals surface area contributed by atoms with Crippen LogP contribution in [0.5, 0.6) is 0 Å². The average Bonchev–Trinajstić information content (AvgIpc) is 2.75. The summed E-state index contributed by atoms with van der Waals surface area (Å²) in [6.07, 6.45) is 2.85. The standard InChI is InChI=1S/C13H13ClFNO/c14-13-7-10(15)4-3-9(13)6-11(16)8-12-2-1-5-17-12/h1-5,7,11H,6,8,16H2. The van der Waals surface area contributed by atoms with Crippen molar-refractivity contribution in [2.24, 2.45) is 5.73 Å². The van der Waals surface area contributed by atoms with Gasteiger partial charge in [-0.05, 0) is 36.2 Å². The summed E-state index contributed by atoms with van der Waals surface area (Å²) in [5.41, 5.74) is 6.85. The minimum atomic E-state index is -0.335. The lowest BCUT2D eigenvalue weighted by atomic mass is 10.0. The Morgan fingerprint density at radius 1 is 1.29 bits per heavy atom. The molecule has 1 aromatic heterocycles. The number of halogens is 2. The molecule has 0 saturated heterocycles. The second-order valence-corrected chi connectivity index (χ2v) is 4.39. The summed E-state index contributed by atoms with van der Waals surface area (Å²) >= 11 is 5.94. The van der Waals surface area contributed by atoms with Crippen molar-refractivity contribution in [1.82, 2.24) is 0 Å². The Kier molecular flexibility index (Phi) is 3.82. The topological polar surface area (TPSA) is 39.2 Å². The SMILES string of the molecule is NC(Cc1ccco1)Cc1ccc(F)cc1Cl. The van der Waals surface area contributed by atoms with E-state index < -0.39 is 0 Å². The zero-order valence-corrected chi connectivity index (χ0v) is 9.95. The van der Waals surface area contributed by atoms with Gasteiger partial charge in [0.2, 0.25) is 0 Å². The monoisotopic (exact) mass is 253 g/mol. The van der Waals surface area contributed by atoms with E-state index in [0.29, 0.717) is 17.9 Å². The lowest BCUT2D eigenvalue weighted by Crippen LogP contribution is -2.25. The van der Waals surface area contributed by atoms with Crippen LogP contribution >= 0.6 is 11.6 Å². The van der Waals surface area contributed by atoms with E-state index in [1.807, 2.05) is 12.1 Å². The van der Waals surface area contributed by atoms with Crippen molar-refractivity contribution in [3.8, 4) is 0 Å². The quantitative estimate of drug-likeness (QED) is 0.909. The van der Waals surface area contributed by atoms with Crippen molar-refractivity contribution in [3.63, 3.8) is 0 Å². The van der Waals surface area contributed by atoms with Gasteiger partial charge < -0.3 is 10.2 Å². The third-order valence-corrected chi connectivity index (χ3v) is 2.89. The highest BCUT2D eigenvalue weighted by Crippen LogP contribution is 2.19. The first-order valence-corrected chi connectivity index (χ1v) is 5.75. The van der Waals surface area contributed by atoms with Crippen molar-refractivity contribution in [2.45, 2.75) is 18.9 Å². The second kappa shape index (κ2) is 5.34. The van der Waals surface area contributed by atoms with Gasteiger partial charge in [-0.3, -0.25) is 0 Å². The molecular weight excluding hydrogens is 241 g/mol. The number of hydrogen-bond donors (Lipinski definition) is 1. The molecule has 0 aliphatic carbocycles. The Morgan fingerprint density at radius 2 is 2.12 bits per heavy atom. The van der Waals surface area contributed by atoms with Crippen LogP contribution in [0.15, 0.2) is 41.0 Å². The van der Waals surface area contributed by atoms with E-state index in [1.165, 1.54) is 12.1 Å². The molecule has 1 heterocycles. The van der Waals surface area contributed by atoms with Crippen LogP contribution in [0.2, 0.25) is 5.02 Å². The van der Waals surface area contributed by atoms with Gasteiger partial charge in [-0.1, -0.05) is 17.7 Å². The fraction of sp³-hybridized carbons (Fsp3) is 0.231. The van der Waals surface area contributed by atoms with Crippen LogP contribution in [0.4, 0.5) is 4.39 Å². The van der Waals surface area contributed by atoms with E-state index in [9.17, 15) is 4.39 Å². The molecule has 0 spiro atoms. The number of furan rings is 1. The van der Waals surface area contributed by atoms with Gasteiger partial charge in [-0.25, -0.2) is 4.39 Å². The van der Waals surface area contributed by atoms with Crippen LogP contribution in [-0.2, 0) is 12.8 Å². The maximum atomic E-state index is 12.9. The van der Waals surface area contributed by atoms with Gasteiger partial charge in [0.1, 0.15) is 11.6 Å². The molecule has 2 aromatic rings. The smallest absolute Gasteiger partial charge is 0.124 e. The lowest BCUT2D eigenvalue weighted by Gasteiger charge is -2.11. The molecule has 0 fully saturated rings. The highest BCUT2D eigenvalue weighted by molar-refractivity contribution is 6.31. The second-order valence-electron chi connectivity index (χ2n) is 3.98. The minimum Gasteiger partial charge on any atom is -0.469 e. The molecular formula is C13H13ClFNO. The van der Waals surface area contributed by atoms with Crippen LogP contribution in [0, 0.1) is 5.82 Å². The molecule has 90 valence electrons. The number of nitrogens with two attached hydrogens (primary N) is 1. The van der Waals surface area contributed by atoms with Gasteiger partial charge in [0.25, 0.3) is 0 Å². The molecule has 1 unspecified atom stereocenters. The number of rotatable bonds is 4. The third-order valence-electron chi connectivity index (χ3n) is 2.54. The zero-order chi connectivity index (χ0) is 12.3. The van der Waals surface area contributed by atoms with E-state index in [1.54, 1.807) is 12.3 Å². The van der Waals surface area contributed by atoms with Gasteiger partial charge in [0.05, 0.1) is 6.26 Å². The van der Waals surface area contributed by atoms with Gasteiger partial charge in [0, 0.05) is 17.5 Å². The summed E-state index contributed by atoms with van der Waals surface area (Å²) in [6, 6.07) is 7.97. The largest absolute Gasteiger partial charge is 0.469 e. The summed E-state index contributed by atoms with van der Waals surface area (Å²) in [5, 5.41) is 0.417. The normalized spacial score (nSPS) is 12.6. The van der Waals surface area contributed by atoms with E-state index >= 15 is 0 Å². The predicted molar refractivity (Wildman–Crippen MR) is 65.5 cm³/mol. The molecule has 0 aliphatic rings. The highest BCUT2D eigenvalue weighted by Gasteiger charge is 2.10. The molecule has 0 amide bonds. The summed E-state index contributed by atoms with van der Waals surface area (Å²) < 4.78 is 18.1. The molecule has 0 aliphatic heterocycles. The average molecular weight is 254 g/mol.